The van der Waals surface area contributed by atoms with E-state index in [0.717, 1.165) is 30.2 Å². The lowest BCUT2D eigenvalue weighted by atomic mass is 10.3. The van der Waals surface area contributed by atoms with Crippen LogP contribution in [-0.4, -0.2) is 45.5 Å². The van der Waals surface area contributed by atoms with Crippen molar-refractivity contribution < 1.29 is 5.11 Å². The fourth-order valence-corrected chi connectivity index (χ4v) is 3.19. The van der Waals surface area contributed by atoms with Gasteiger partial charge in [0, 0.05) is 30.9 Å². The molecule has 1 unspecified atom stereocenters. The minimum atomic E-state index is -0.650. The lowest BCUT2D eigenvalue weighted by molar-refractivity contribution is 0.191. The third-order valence-electron chi connectivity index (χ3n) is 3.35. The summed E-state index contributed by atoms with van der Waals surface area (Å²) in [4.78, 5) is 5.24. The van der Waals surface area contributed by atoms with Crippen LogP contribution in [-0.2, 0) is 13.0 Å². The molecule has 2 aromatic rings. The number of guanidine groups is 1. The van der Waals surface area contributed by atoms with Crippen molar-refractivity contribution in [2.45, 2.75) is 32.9 Å². The Balaban J connectivity index is 1.86. The fourth-order valence-electron chi connectivity index (χ4n) is 2.15. The van der Waals surface area contributed by atoms with E-state index in [1.54, 1.807) is 12.4 Å². The summed E-state index contributed by atoms with van der Waals surface area (Å²) in [5.74, 6) is 1.63. The summed E-state index contributed by atoms with van der Waals surface area (Å²) in [6.07, 6.45) is 1.93. The number of aliphatic hydroxyl groups is 1. The number of rotatable bonds is 8. The van der Waals surface area contributed by atoms with Crippen molar-refractivity contribution >= 4 is 28.9 Å². The van der Waals surface area contributed by atoms with Gasteiger partial charge >= 0.3 is 0 Å². The molecule has 0 saturated heterocycles. The zero-order valence-electron chi connectivity index (χ0n) is 13.9. The van der Waals surface area contributed by atoms with Crippen LogP contribution >= 0.6 is 22.9 Å². The Hall–Kier alpha value is -1.64. The van der Waals surface area contributed by atoms with Crippen molar-refractivity contribution in [1.82, 2.24) is 25.4 Å². The highest BCUT2D eigenvalue weighted by molar-refractivity contribution is 7.16. The minimum absolute atomic E-state index is 0.277. The Morgan fingerprint density at radius 2 is 2.25 bits per heavy atom. The van der Waals surface area contributed by atoms with Crippen LogP contribution in [0.5, 0.6) is 0 Å². The maximum Gasteiger partial charge on any atom is 0.191 e. The molecule has 1 atom stereocenters. The largest absolute Gasteiger partial charge is 0.386 e. The molecule has 0 radical (unpaired) electrons. The van der Waals surface area contributed by atoms with Gasteiger partial charge in [0.1, 0.15) is 18.3 Å². The van der Waals surface area contributed by atoms with Gasteiger partial charge in [0.15, 0.2) is 5.96 Å². The van der Waals surface area contributed by atoms with Gasteiger partial charge in [-0.15, -0.1) is 21.5 Å². The molecule has 0 fully saturated rings. The van der Waals surface area contributed by atoms with Gasteiger partial charge in [-0.1, -0.05) is 18.5 Å². The summed E-state index contributed by atoms with van der Waals surface area (Å²) >= 11 is 7.26. The van der Waals surface area contributed by atoms with E-state index in [4.69, 9.17) is 11.6 Å². The first-order valence-electron chi connectivity index (χ1n) is 7.96. The van der Waals surface area contributed by atoms with Gasteiger partial charge in [0.2, 0.25) is 0 Å². The Bertz CT molecular complexity index is 656. The number of thiophene rings is 1. The number of aliphatic hydroxyl groups excluding tert-OH is 1. The number of aromatic nitrogens is 3. The maximum atomic E-state index is 10.2. The molecule has 0 spiro atoms. The SMILES string of the molecule is CCNC(=NCC(O)c1ccc(Cl)s1)NCCn1cnnc1CC. The second kappa shape index (κ2) is 9.61. The van der Waals surface area contributed by atoms with Gasteiger partial charge in [-0.3, -0.25) is 4.99 Å². The van der Waals surface area contributed by atoms with Crippen molar-refractivity contribution in [2.24, 2.45) is 4.99 Å². The van der Waals surface area contributed by atoms with E-state index in [1.165, 1.54) is 11.3 Å². The topological polar surface area (TPSA) is 87.4 Å². The smallest absolute Gasteiger partial charge is 0.191 e. The van der Waals surface area contributed by atoms with Crippen molar-refractivity contribution in [3.05, 3.63) is 33.5 Å². The van der Waals surface area contributed by atoms with E-state index in [0.29, 0.717) is 16.8 Å². The van der Waals surface area contributed by atoms with Crippen molar-refractivity contribution in [3.63, 3.8) is 0 Å². The number of hydrogen-bond acceptors (Lipinski definition) is 5. The van der Waals surface area contributed by atoms with Crippen molar-refractivity contribution in [3.8, 4) is 0 Å². The zero-order chi connectivity index (χ0) is 17.4. The molecule has 2 rings (SSSR count). The highest BCUT2D eigenvalue weighted by atomic mass is 35.5. The summed E-state index contributed by atoms with van der Waals surface area (Å²) in [7, 11) is 0. The van der Waals surface area contributed by atoms with Crippen LogP contribution in [0.15, 0.2) is 23.5 Å². The number of aliphatic imine (C=N–C) groups is 1. The Labute approximate surface area is 150 Å². The van der Waals surface area contributed by atoms with Crippen LogP contribution in [0.2, 0.25) is 4.34 Å². The molecule has 9 heteroatoms. The van der Waals surface area contributed by atoms with Crippen LogP contribution in [0, 0.1) is 0 Å². The van der Waals surface area contributed by atoms with Crippen LogP contribution in [0.3, 0.4) is 0 Å². The molecule has 2 aromatic heterocycles. The molecule has 3 N–H and O–H groups in total. The van der Waals surface area contributed by atoms with Gasteiger partial charge in [0.25, 0.3) is 0 Å². The lowest BCUT2D eigenvalue weighted by Gasteiger charge is -2.13. The van der Waals surface area contributed by atoms with Crippen LogP contribution in [0.4, 0.5) is 0 Å². The lowest BCUT2D eigenvalue weighted by Crippen LogP contribution is -2.39. The molecule has 2 heterocycles. The average molecular weight is 371 g/mol. The Morgan fingerprint density at radius 1 is 1.42 bits per heavy atom. The third kappa shape index (κ3) is 5.47. The summed E-state index contributed by atoms with van der Waals surface area (Å²) < 4.78 is 2.68. The number of nitrogens with one attached hydrogen (secondary N) is 2. The molecule has 24 heavy (non-hydrogen) atoms. The zero-order valence-corrected chi connectivity index (χ0v) is 15.4. The van der Waals surface area contributed by atoms with Gasteiger partial charge in [-0.05, 0) is 19.1 Å². The number of aryl methyl sites for hydroxylation is 1. The quantitative estimate of drug-likeness (QED) is 0.487. The first kappa shape index (κ1) is 18.7. The average Bonchev–Trinajstić information content (AvgIpc) is 3.20. The van der Waals surface area contributed by atoms with E-state index < -0.39 is 6.10 Å². The molecular weight excluding hydrogens is 348 g/mol. The second-order valence-electron chi connectivity index (χ2n) is 5.10. The van der Waals surface area contributed by atoms with Gasteiger partial charge in [-0.25, -0.2) is 0 Å². The number of halogens is 1. The molecule has 0 aliphatic rings. The van der Waals surface area contributed by atoms with Crippen molar-refractivity contribution in [2.75, 3.05) is 19.6 Å². The Morgan fingerprint density at radius 3 is 2.92 bits per heavy atom. The van der Waals surface area contributed by atoms with Gasteiger partial charge in [-0.2, -0.15) is 0 Å². The second-order valence-corrected chi connectivity index (χ2v) is 6.84. The summed E-state index contributed by atoms with van der Waals surface area (Å²) in [5, 5.41) is 24.6. The molecular formula is C15H23ClN6OS. The molecule has 0 aliphatic carbocycles. The van der Waals surface area contributed by atoms with Crippen LogP contribution in [0.25, 0.3) is 0 Å². The maximum absolute atomic E-state index is 10.2. The molecule has 0 bridgehead atoms. The third-order valence-corrected chi connectivity index (χ3v) is 4.68. The first-order chi connectivity index (χ1) is 11.6. The normalized spacial score (nSPS) is 13.1. The van der Waals surface area contributed by atoms with Crippen LogP contribution < -0.4 is 10.6 Å². The molecule has 132 valence electrons. The monoisotopic (exact) mass is 370 g/mol. The predicted octanol–water partition coefficient (Wildman–Crippen LogP) is 1.84. The van der Waals surface area contributed by atoms with Crippen LogP contribution in [0.1, 0.15) is 30.7 Å². The van der Waals surface area contributed by atoms with E-state index in [9.17, 15) is 5.11 Å². The highest BCUT2D eigenvalue weighted by Gasteiger charge is 2.10. The molecule has 0 aromatic carbocycles. The number of nitrogens with zero attached hydrogens (tertiary/aromatic N) is 4. The first-order valence-corrected chi connectivity index (χ1v) is 9.15. The van der Waals surface area contributed by atoms with Gasteiger partial charge < -0.3 is 20.3 Å². The summed E-state index contributed by atoms with van der Waals surface area (Å²) in [6, 6.07) is 3.61. The predicted molar refractivity (Wildman–Crippen MR) is 97.7 cm³/mol. The summed E-state index contributed by atoms with van der Waals surface area (Å²) in [5.41, 5.74) is 0. The van der Waals surface area contributed by atoms with Gasteiger partial charge in [0.05, 0.1) is 10.9 Å². The molecule has 0 saturated carbocycles. The highest BCUT2D eigenvalue weighted by Crippen LogP contribution is 2.26. The molecule has 0 aliphatic heterocycles. The summed E-state index contributed by atoms with van der Waals surface area (Å²) in [6.45, 7) is 6.53. The van der Waals surface area contributed by atoms with Crippen molar-refractivity contribution in [1.29, 1.82) is 0 Å². The van der Waals surface area contributed by atoms with E-state index >= 15 is 0 Å². The van der Waals surface area contributed by atoms with E-state index in [-0.39, 0.29) is 6.54 Å². The standard InChI is InChI=1S/C15H23ClN6OS/c1-3-14-21-20-10-22(14)8-7-18-15(17-4-2)19-9-11(23)12-5-6-13(16)24-12/h5-6,10-11,23H,3-4,7-9H2,1-2H3,(H2,17,18,19). The minimum Gasteiger partial charge on any atom is -0.386 e. The fraction of sp³-hybridized carbons (Fsp3) is 0.533. The number of hydrogen-bond donors (Lipinski definition) is 3. The van der Waals surface area contributed by atoms with E-state index in [1.807, 2.05) is 17.6 Å². The molecule has 7 nitrogen and oxygen atoms in total. The molecule has 0 amide bonds. The Kier molecular flexibility index (Phi) is 7.48. The van der Waals surface area contributed by atoms with E-state index in [2.05, 4.69) is 32.7 Å².